The van der Waals surface area contributed by atoms with Gasteiger partial charge in [-0.1, -0.05) is 0 Å². The van der Waals surface area contributed by atoms with Gasteiger partial charge in [0.1, 0.15) is 6.04 Å². The van der Waals surface area contributed by atoms with Crippen molar-refractivity contribution in [1.82, 2.24) is 4.90 Å². The Kier molecular flexibility index (Phi) is 9.43. The van der Waals surface area contributed by atoms with E-state index in [-0.39, 0.29) is 0 Å². The molecule has 0 spiro atoms. The summed E-state index contributed by atoms with van der Waals surface area (Å²) in [5, 5.41) is 17.8. The summed E-state index contributed by atoms with van der Waals surface area (Å²) in [7, 11) is -0.574. The first kappa shape index (κ1) is 20.0. The molecule has 2 N–H and O–H groups in total. The Morgan fingerprint density at radius 2 is 1.71 bits per heavy atom. The van der Waals surface area contributed by atoms with Crippen molar-refractivity contribution in [2.75, 3.05) is 26.8 Å². The van der Waals surface area contributed by atoms with Crippen molar-refractivity contribution in [3.63, 3.8) is 0 Å². The van der Waals surface area contributed by atoms with Gasteiger partial charge in [0.25, 0.3) is 0 Å². The Morgan fingerprint density at radius 3 is 2.10 bits per heavy atom. The van der Waals surface area contributed by atoms with Crippen LogP contribution in [-0.2, 0) is 18.4 Å². The van der Waals surface area contributed by atoms with Gasteiger partial charge in [-0.3, -0.25) is 14.5 Å². The summed E-state index contributed by atoms with van der Waals surface area (Å²) in [6.45, 7) is 7.51. The maximum atomic E-state index is 11.1. The molecule has 0 rings (SSSR count). The Labute approximate surface area is 127 Å². The van der Waals surface area contributed by atoms with Crippen LogP contribution in [0.3, 0.4) is 0 Å². The van der Waals surface area contributed by atoms with Crippen LogP contribution in [0.2, 0.25) is 12.6 Å². The first-order valence-corrected chi connectivity index (χ1v) is 9.70. The van der Waals surface area contributed by atoms with Gasteiger partial charge in [0.05, 0.1) is 6.42 Å². The number of hydrogen-bond donors (Lipinski definition) is 2. The van der Waals surface area contributed by atoms with Crippen LogP contribution in [0.4, 0.5) is 0 Å². The Bertz CT molecular complexity index is 333. The van der Waals surface area contributed by atoms with Gasteiger partial charge in [-0.05, 0) is 46.5 Å². The number of likely N-dealkylation sites (N-methyl/N-ethyl adjacent to an activating group) is 1. The monoisotopic (exact) mass is 321 g/mol. The third kappa shape index (κ3) is 8.15. The fraction of sp³-hybridized carbons (Fsp3) is 0.846. The van der Waals surface area contributed by atoms with Gasteiger partial charge < -0.3 is 19.1 Å². The molecule has 0 aromatic carbocycles. The van der Waals surface area contributed by atoms with Crippen LogP contribution < -0.4 is 0 Å². The van der Waals surface area contributed by atoms with Crippen LogP contribution in [0, 0.1) is 0 Å². The molecule has 0 aromatic rings. The van der Waals surface area contributed by atoms with Crippen molar-refractivity contribution in [3.05, 3.63) is 0 Å². The highest BCUT2D eigenvalue weighted by molar-refractivity contribution is 6.66. The van der Waals surface area contributed by atoms with Gasteiger partial charge in [-0.15, -0.1) is 0 Å². The topological polar surface area (TPSA) is 96.3 Å². The zero-order valence-corrected chi connectivity index (χ0v) is 14.3. The molecule has 0 fully saturated rings. The van der Waals surface area contributed by atoms with Gasteiger partial charge in [0.2, 0.25) is 0 Å². The average molecular weight is 321 g/mol. The van der Waals surface area contributed by atoms with Crippen LogP contribution in [0.15, 0.2) is 0 Å². The Morgan fingerprint density at radius 1 is 1.19 bits per heavy atom. The largest absolute Gasteiger partial charge is 0.481 e. The summed E-state index contributed by atoms with van der Waals surface area (Å²) in [5.74, 6) is -2.23. The molecule has 8 heteroatoms. The lowest BCUT2D eigenvalue weighted by Gasteiger charge is -2.28. The normalized spacial score (nSPS) is 13.4. The van der Waals surface area contributed by atoms with E-state index in [1.54, 1.807) is 11.9 Å². The third-order valence-electron chi connectivity index (χ3n) is 3.23. The molecule has 0 aliphatic heterocycles. The molecule has 0 bridgehead atoms. The minimum Gasteiger partial charge on any atom is -0.481 e. The molecule has 0 radical (unpaired) electrons. The lowest BCUT2D eigenvalue weighted by molar-refractivity contribution is -0.149. The van der Waals surface area contributed by atoms with Crippen LogP contribution in [0.25, 0.3) is 0 Å². The second kappa shape index (κ2) is 9.88. The summed E-state index contributed by atoms with van der Waals surface area (Å²) in [6, 6.07) is -0.257. The fourth-order valence-electron chi connectivity index (χ4n) is 2.20. The molecule has 7 nitrogen and oxygen atoms in total. The number of carboxylic acids is 2. The first-order chi connectivity index (χ1) is 9.75. The van der Waals surface area contributed by atoms with Crippen LogP contribution in [-0.4, -0.2) is 68.5 Å². The molecule has 0 saturated carbocycles. The van der Waals surface area contributed by atoms with E-state index in [9.17, 15) is 9.59 Å². The molecule has 0 unspecified atom stereocenters. The van der Waals surface area contributed by atoms with Crippen molar-refractivity contribution >= 4 is 20.5 Å². The van der Waals surface area contributed by atoms with Gasteiger partial charge >= 0.3 is 20.5 Å². The van der Waals surface area contributed by atoms with Crippen molar-refractivity contribution in [3.8, 4) is 0 Å². The standard InChI is InChI=1S/C13H27NO6Si/c1-5-19-21(4,20-6-2)9-7-8-14(3)11(13(17)18)10-12(15)16/h11H,5-10H2,1-4H3,(H,15,16)(H,17,18)/t11-/m0/s1. The van der Waals surface area contributed by atoms with Gasteiger partial charge in [-0.2, -0.15) is 0 Å². The predicted octanol–water partition coefficient (Wildman–Crippen LogP) is 1.38. The molecule has 0 saturated heterocycles. The smallest absolute Gasteiger partial charge is 0.334 e. The quantitative estimate of drug-likeness (QED) is 0.524. The average Bonchev–Trinajstić information content (AvgIpc) is 2.35. The van der Waals surface area contributed by atoms with Crippen molar-refractivity contribution < 1.29 is 28.7 Å². The molecular formula is C13H27NO6Si. The Hall–Kier alpha value is -0.963. The number of carboxylic acid groups (broad SMARTS) is 2. The van der Waals surface area contributed by atoms with Gasteiger partial charge in [0.15, 0.2) is 0 Å². The molecular weight excluding hydrogens is 294 g/mol. The highest BCUT2D eigenvalue weighted by Gasteiger charge is 2.31. The zero-order chi connectivity index (χ0) is 16.5. The lowest BCUT2D eigenvalue weighted by Crippen LogP contribution is -2.42. The predicted molar refractivity (Wildman–Crippen MR) is 80.6 cm³/mol. The van der Waals surface area contributed by atoms with E-state index < -0.39 is 33.0 Å². The molecule has 124 valence electrons. The first-order valence-electron chi connectivity index (χ1n) is 7.18. The van der Waals surface area contributed by atoms with Crippen LogP contribution >= 0.6 is 0 Å². The zero-order valence-electron chi connectivity index (χ0n) is 13.3. The number of nitrogens with zero attached hydrogens (tertiary/aromatic N) is 1. The molecule has 1 atom stereocenters. The SMILES string of the molecule is CCO[Si](C)(CCCN(C)[C@@H](CC(=O)O)C(=O)O)OCC. The fourth-order valence-corrected chi connectivity index (χ4v) is 4.59. The van der Waals surface area contributed by atoms with E-state index >= 15 is 0 Å². The number of hydrogen-bond acceptors (Lipinski definition) is 5. The van der Waals surface area contributed by atoms with Gasteiger partial charge in [0, 0.05) is 13.2 Å². The summed E-state index contributed by atoms with van der Waals surface area (Å²) < 4.78 is 11.4. The maximum Gasteiger partial charge on any atom is 0.334 e. The summed E-state index contributed by atoms with van der Waals surface area (Å²) in [6.07, 6.45) is 0.306. The lowest BCUT2D eigenvalue weighted by atomic mass is 10.2. The second-order valence-corrected chi connectivity index (χ2v) is 8.38. The molecule has 0 aliphatic carbocycles. The van der Waals surface area contributed by atoms with E-state index in [1.807, 2.05) is 20.4 Å². The van der Waals surface area contributed by atoms with E-state index in [4.69, 9.17) is 19.1 Å². The van der Waals surface area contributed by atoms with Crippen LogP contribution in [0.1, 0.15) is 26.7 Å². The van der Waals surface area contributed by atoms with E-state index in [1.165, 1.54) is 0 Å². The molecule has 21 heavy (non-hydrogen) atoms. The minimum absolute atomic E-state index is 0.405. The van der Waals surface area contributed by atoms with Gasteiger partial charge in [-0.25, -0.2) is 0 Å². The molecule has 0 heterocycles. The highest BCUT2D eigenvalue weighted by atomic mass is 28.4. The number of aliphatic carboxylic acids is 2. The van der Waals surface area contributed by atoms with Crippen molar-refractivity contribution in [1.29, 1.82) is 0 Å². The maximum absolute atomic E-state index is 11.1. The summed E-state index contributed by atoms with van der Waals surface area (Å²) in [5.41, 5.74) is 0. The van der Waals surface area contributed by atoms with Crippen LogP contribution in [0.5, 0.6) is 0 Å². The molecule has 0 aliphatic rings. The number of carbonyl (C=O) groups is 2. The summed E-state index contributed by atoms with van der Waals surface area (Å²) in [4.78, 5) is 23.4. The highest BCUT2D eigenvalue weighted by Crippen LogP contribution is 2.17. The molecule has 0 amide bonds. The van der Waals surface area contributed by atoms with Crippen molar-refractivity contribution in [2.24, 2.45) is 0 Å². The van der Waals surface area contributed by atoms with E-state index in [2.05, 4.69) is 0 Å². The summed E-state index contributed by atoms with van der Waals surface area (Å²) >= 11 is 0. The van der Waals surface area contributed by atoms with E-state index in [0.29, 0.717) is 26.2 Å². The third-order valence-corrected chi connectivity index (χ3v) is 6.29. The second-order valence-electron chi connectivity index (χ2n) is 5.04. The number of rotatable bonds is 12. The van der Waals surface area contributed by atoms with E-state index in [0.717, 1.165) is 6.04 Å². The van der Waals surface area contributed by atoms with Crippen molar-refractivity contribution in [2.45, 2.75) is 45.3 Å². The minimum atomic E-state index is -2.20. The Balaban J connectivity index is 4.40. The molecule has 0 aromatic heterocycles.